The van der Waals surface area contributed by atoms with E-state index in [-0.39, 0.29) is 5.82 Å². The van der Waals surface area contributed by atoms with E-state index in [1.165, 1.54) is 6.07 Å². The monoisotopic (exact) mass is 339 g/mol. The van der Waals surface area contributed by atoms with Crippen molar-refractivity contribution in [2.45, 2.75) is 6.92 Å². The van der Waals surface area contributed by atoms with Crippen LogP contribution < -0.4 is 11.1 Å². The highest BCUT2D eigenvalue weighted by molar-refractivity contribution is 9.10. The second-order valence-corrected chi connectivity index (χ2v) is 5.29. The Hall–Kier alpha value is -1.53. The molecule has 0 unspecified atom stereocenters. The van der Waals surface area contributed by atoms with Gasteiger partial charge in [-0.3, -0.25) is 0 Å². The normalized spacial score (nSPS) is 10.3. The van der Waals surface area contributed by atoms with Gasteiger partial charge in [0.05, 0.1) is 4.47 Å². The maximum Gasteiger partial charge on any atom is 0.137 e. The lowest BCUT2D eigenvalue weighted by Crippen LogP contribution is -2.10. The fourth-order valence-corrected chi connectivity index (χ4v) is 2.04. The Morgan fingerprint density at radius 2 is 2.16 bits per heavy atom. The summed E-state index contributed by atoms with van der Waals surface area (Å²) >= 11 is 8.07. The molecule has 2 rings (SSSR count). The van der Waals surface area contributed by atoms with E-state index in [9.17, 15) is 4.39 Å². The summed E-state index contributed by atoms with van der Waals surface area (Å²) in [5.41, 5.74) is 7.84. The largest absolute Gasteiger partial charge is 0.389 e. The van der Waals surface area contributed by atoms with Gasteiger partial charge in [-0.05, 0) is 52.7 Å². The molecule has 6 heteroatoms. The number of anilines is 2. The highest BCUT2D eigenvalue weighted by atomic mass is 79.9. The number of aromatic nitrogens is 1. The Morgan fingerprint density at radius 1 is 1.42 bits per heavy atom. The maximum absolute atomic E-state index is 13.3. The van der Waals surface area contributed by atoms with Gasteiger partial charge in [-0.25, -0.2) is 9.37 Å². The highest BCUT2D eigenvalue weighted by Gasteiger charge is 2.07. The second kappa shape index (κ2) is 5.63. The lowest BCUT2D eigenvalue weighted by atomic mass is 10.2. The van der Waals surface area contributed by atoms with Crippen LogP contribution in [0.4, 0.5) is 15.9 Å². The minimum Gasteiger partial charge on any atom is -0.389 e. The Morgan fingerprint density at radius 3 is 2.84 bits per heavy atom. The predicted molar refractivity (Wildman–Crippen MR) is 82.2 cm³/mol. The molecule has 1 heterocycles. The number of pyridine rings is 1. The summed E-state index contributed by atoms with van der Waals surface area (Å²) < 4.78 is 13.7. The highest BCUT2D eigenvalue weighted by Crippen LogP contribution is 2.26. The van der Waals surface area contributed by atoms with E-state index in [1.54, 1.807) is 24.4 Å². The second-order valence-electron chi connectivity index (χ2n) is 4.00. The molecule has 0 aliphatic heterocycles. The lowest BCUT2D eigenvalue weighted by Gasteiger charge is -2.10. The smallest absolute Gasteiger partial charge is 0.137 e. The van der Waals surface area contributed by atoms with Crippen molar-refractivity contribution < 1.29 is 4.39 Å². The molecule has 0 aliphatic carbocycles. The molecule has 98 valence electrons. The summed E-state index contributed by atoms with van der Waals surface area (Å²) in [6.07, 6.45) is 1.62. The zero-order valence-corrected chi connectivity index (χ0v) is 12.5. The minimum absolute atomic E-state index is 0.298. The van der Waals surface area contributed by atoms with Gasteiger partial charge in [-0.15, -0.1) is 0 Å². The maximum atomic E-state index is 13.3. The molecule has 0 amide bonds. The van der Waals surface area contributed by atoms with E-state index in [0.717, 1.165) is 16.8 Å². The van der Waals surface area contributed by atoms with Crippen molar-refractivity contribution in [3.63, 3.8) is 0 Å². The third-order valence-electron chi connectivity index (χ3n) is 2.57. The molecule has 0 aliphatic rings. The van der Waals surface area contributed by atoms with E-state index in [4.69, 9.17) is 18.0 Å². The Labute approximate surface area is 124 Å². The van der Waals surface area contributed by atoms with Gasteiger partial charge in [-0.2, -0.15) is 0 Å². The number of aryl methyl sites for hydroxylation is 1. The van der Waals surface area contributed by atoms with Crippen molar-refractivity contribution in [1.82, 2.24) is 4.98 Å². The first-order chi connectivity index (χ1) is 8.97. The fourth-order valence-electron chi connectivity index (χ4n) is 1.57. The van der Waals surface area contributed by atoms with Gasteiger partial charge in [-0.1, -0.05) is 12.2 Å². The average Bonchev–Trinajstić information content (AvgIpc) is 2.36. The van der Waals surface area contributed by atoms with Crippen molar-refractivity contribution in [2.24, 2.45) is 5.73 Å². The van der Waals surface area contributed by atoms with Gasteiger partial charge < -0.3 is 11.1 Å². The van der Waals surface area contributed by atoms with Crippen LogP contribution in [-0.2, 0) is 0 Å². The molecule has 2 aromatic rings. The van der Waals surface area contributed by atoms with Crippen LogP contribution in [0.3, 0.4) is 0 Å². The summed E-state index contributed by atoms with van der Waals surface area (Å²) in [6, 6.07) is 6.60. The number of nitrogens with zero attached hydrogens (tertiary/aromatic N) is 1. The molecule has 0 saturated heterocycles. The summed E-state index contributed by atoms with van der Waals surface area (Å²) in [6.45, 7) is 1.81. The van der Waals surface area contributed by atoms with Gasteiger partial charge in [0.1, 0.15) is 16.6 Å². The molecule has 19 heavy (non-hydrogen) atoms. The van der Waals surface area contributed by atoms with Crippen LogP contribution in [0.25, 0.3) is 0 Å². The van der Waals surface area contributed by atoms with Crippen LogP contribution in [-0.4, -0.2) is 9.97 Å². The van der Waals surface area contributed by atoms with Crippen LogP contribution in [0.1, 0.15) is 11.1 Å². The third kappa shape index (κ3) is 3.27. The molecule has 0 radical (unpaired) electrons. The molecule has 0 bridgehead atoms. The molecule has 0 spiro atoms. The first-order valence-electron chi connectivity index (χ1n) is 5.46. The van der Waals surface area contributed by atoms with E-state index >= 15 is 0 Å². The number of rotatable bonds is 3. The van der Waals surface area contributed by atoms with E-state index in [2.05, 4.69) is 26.2 Å². The number of nitrogens with one attached hydrogen (secondary N) is 1. The van der Waals surface area contributed by atoms with Crippen molar-refractivity contribution in [2.75, 3.05) is 5.32 Å². The van der Waals surface area contributed by atoms with Gasteiger partial charge in [0.2, 0.25) is 0 Å². The summed E-state index contributed by atoms with van der Waals surface area (Å²) in [5, 5.41) is 3.11. The van der Waals surface area contributed by atoms with Gasteiger partial charge >= 0.3 is 0 Å². The quantitative estimate of drug-likeness (QED) is 0.837. The van der Waals surface area contributed by atoms with Crippen LogP contribution >= 0.6 is 28.1 Å². The fraction of sp³-hybridized carbons (Fsp3) is 0.0769. The summed E-state index contributed by atoms with van der Waals surface area (Å²) in [4.78, 5) is 4.48. The SMILES string of the molecule is Cc1cc(F)c(Br)cc1Nc1cc(C(N)=S)ccn1. The Kier molecular flexibility index (Phi) is 4.11. The lowest BCUT2D eigenvalue weighted by molar-refractivity contribution is 0.620. The van der Waals surface area contributed by atoms with E-state index in [1.807, 2.05) is 6.92 Å². The van der Waals surface area contributed by atoms with E-state index < -0.39 is 0 Å². The van der Waals surface area contributed by atoms with Gasteiger partial charge in [0, 0.05) is 17.4 Å². The topological polar surface area (TPSA) is 50.9 Å². The van der Waals surface area contributed by atoms with Gasteiger partial charge in [0.25, 0.3) is 0 Å². The zero-order chi connectivity index (χ0) is 14.0. The Balaban J connectivity index is 2.33. The molecule has 0 atom stereocenters. The number of hydrogen-bond acceptors (Lipinski definition) is 3. The van der Waals surface area contributed by atoms with E-state index in [0.29, 0.717) is 15.3 Å². The average molecular weight is 340 g/mol. The first-order valence-corrected chi connectivity index (χ1v) is 6.66. The third-order valence-corrected chi connectivity index (χ3v) is 3.42. The first kappa shape index (κ1) is 13.9. The standard InChI is InChI=1S/C13H11BrFN3S/c1-7-4-10(15)9(14)6-11(7)18-12-5-8(13(16)19)2-3-17-12/h2-6H,1H3,(H2,16,19)(H,17,18). The van der Waals surface area contributed by atoms with Crippen LogP contribution in [0.2, 0.25) is 0 Å². The van der Waals surface area contributed by atoms with Crippen molar-refractivity contribution in [3.8, 4) is 0 Å². The van der Waals surface area contributed by atoms with Crippen molar-refractivity contribution in [1.29, 1.82) is 0 Å². The molecule has 3 nitrogen and oxygen atoms in total. The van der Waals surface area contributed by atoms with Crippen LogP contribution in [0.5, 0.6) is 0 Å². The number of thiocarbonyl (C=S) groups is 1. The number of halogens is 2. The molecular formula is C13H11BrFN3S. The molecule has 3 N–H and O–H groups in total. The van der Waals surface area contributed by atoms with Crippen molar-refractivity contribution in [3.05, 3.63) is 51.9 Å². The number of benzene rings is 1. The molecule has 0 saturated carbocycles. The molecule has 1 aromatic carbocycles. The predicted octanol–water partition coefficient (Wildman–Crippen LogP) is 3.67. The van der Waals surface area contributed by atoms with Crippen LogP contribution in [0, 0.1) is 12.7 Å². The molecule has 1 aromatic heterocycles. The minimum atomic E-state index is -0.298. The summed E-state index contributed by atoms with van der Waals surface area (Å²) in [7, 11) is 0. The molecular weight excluding hydrogens is 329 g/mol. The Bertz CT molecular complexity index is 646. The van der Waals surface area contributed by atoms with Crippen molar-refractivity contribution >= 4 is 44.6 Å². The number of nitrogens with two attached hydrogens (primary N) is 1. The number of hydrogen-bond donors (Lipinski definition) is 2. The summed E-state index contributed by atoms with van der Waals surface area (Å²) in [5.74, 6) is 0.305. The van der Waals surface area contributed by atoms with Crippen LogP contribution in [0.15, 0.2) is 34.9 Å². The zero-order valence-electron chi connectivity index (χ0n) is 10.1. The molecule has 0 fully saturated rings. The van der Waals surface area contributed by atoms with Gasteiger partial charge in [0.15, 0.2) is 0 Å².